The second kappa shape index (κ2) is 9.88. The second-order valence-electron chi connectivity index (χ2n) is 8.58. The Kier molecular flexibility index (Phi) is 6.78. The Morgan fingerprint density at radius 2 is 1.68 bits per heavy atom. The highest BCUT2D eigenvalue weighted by Gasteiger charge is 2.43. The number of rotatable bonds is 8. The van der Waals surface area contributed by atoms with E-state index in [4.69, 9.17) is 0 Å². The number of pyridine rings is 1. The highest BCUT2D eigenvalue weighted by Crippen LogP contribution is 2.35. The van der Waals surface area contributed by atoms with E-state index in [1.54, 1.807) is 7.05 Å². The number of aryl methyl sites for hydroxylation is 1. The molecule has 1 aromatic heterocycles. The summed E-state index contributed by atoms with van der Waals surface area (Å²) in [5, 5.41) is 2.94. The molecule has 31 heavy (non-hydrogen) atoms. The summed E-state index contributed by atoms with van der Waals surface area (Å²) in [6, 6.07) is 23.3. The predicted molar refractivity (Wildman–Crippen MR) is 126 cm³/mol. The van der Waals surface area contributed by atoms with Gasteiger partial charge in [0.1, 0.15) is 0 Å². The molecule has 4 rings (SSSR count). The first-order valence-electron chi connectivity index (χ1n) is 11.2. The SMILES string of the molecule is CNC(=O)[C@]1(Cc2ccc(-c3ccncc3)cc2)CCN(CCCc2ccccc2)C1. The summed E-state index contributed by atoms with van der Waals surface area (Å²) in [6.45, 7) is 2.85. The lowest BCUT2D eigenvalue weighted by atomic mass is 9.79. The summed E-state index contributed by atoms with van der Waals surface area (Å²) in [4.78, 5) is 19.5. The van der Waals surface area contributed by atoms with Crippen LogP contribution in [-0.4, -0.2) is 42.5 Å². The van der Waals surface area contributed by atoms with Gasteiger partial charge in [0.15, 0.2) is 0 Å². The first-order valence-corrected chi connectivity index (χ1v) is 11.2. The van der Waals surface area contributed by atoms with Crippen molar-refractivity contribution in [3.05, 3.63) is 90.3 Å². The van der Waals surface area contributed by atoms with Gasteiger partial charge in [-0.05, 0) is 73.2 Å². The number of carbonyl (C=O) groups is 1. The molecule has 4 heteroatoms. The van der Waals surface area contributed by atoms with Crippen LogP contribution in [0.3, 0.4) is 0 Å². The summed E-state index contributed by atoms with van der Waals surface area (Å²) in [7, 11) is 1.76. The molecule has 1 aliphatic heterocycles. The van der Waals surface area contributed by atoms with Gasteiger partial charge in [0, 0.05) is 26.0 Å². The maximum atomic E-state index is 12.9. The van der Waals surface area contributed by atoms with Gasteiger partial charge in [-0.15, -0.1) is 0 Å². The van der Waals surface area contributed by atoms with Crippen molar-refractivity contribution in [2.45, 2.75) is 25.7 Å². The standard InChI is InChI=1S/C27H31N3O/c1-28-26(31)27(15-19-30(21-27)18-5-8-22-6-3-2-4-7-22)20-23-9-11-24(12-10-23)25-13-16-29-17-14-25/h2-4,6-7,9-14,16-17H,5,8,15,18-21H2,1H3,(H,28,31)/t27-/m0/s1. The zero-order valence-electron chi connectivity index (χ0n) is 18.3. The van der Waals surface area contributed by atoms with E-state index in [1.165, 1.54) is 16.7 Å². The monoisotopic (exact) mass is 413 g/mol. The van der Waals surface area contributed by atoms with Crippen molar-refractivity contribution in [1.82, 2.24) is 15.2 Å². The minimum absolute atomic E-state index is 0.163. The van der Waals surface area contributed by atoms with Crippen LogP contribution in [0.5, 0.6) is 0 Å². The predicted octanol–water partition coefficient (Wildman–Crippen LogP) is 4.36. The van der Waals surface area contributed by atoms with E-state index in [2.05, 4.69) is 69.8 Å². The third kappa shape index (κ3) is 5.20. The summed E-state index contributed by atoms with van der Waals surface area (Å²) in [5.74, 6) is 0.163. The number of likely N-dealkylation sites (tertiary alicyclic amines) is 1. The van der Waals surface area contributed by atoms with Crippen molar-refractivity contribution in [1.29, 1.82) is 0 Å². The molecule has 1 atom stereocenters. The van der Waals surface area contributed by atoms with Gasteiger partial charge in [-0.25, -0.2) is 0 Å². The normalized spacial score (nSPS) is 18.7. The zero-order valence-corrected chi connectivity index (χ0v) is 18.3. The van der Waals surface area contributed by atoms with Crippen LogP contribution in [0.2, 0.25) is 0 Å². The first-order chi connectivity index (χ1) is 15.2. The van der Waals surface area contributed by atoms with Crippen molar-refractivity contribution in [2.24, 2.45) is 5.41 Å². The highest BCUT2D eigenvalue weighted by atomic mass is 16.2. The van der Waals surface area contributed by atoms with Gasteiger partial charge in [-0.1, -0.05) is 54.6 Å². The Hall–Kier alpha value is -2.98. The quantitative estimate of drug-likeness (QED) is 0.597. The molecule has 0 saturated carbocycles. The summed E-state index contributed by atoms with van der Waals surface area (Å²) < 4.78 is 0. The van der Waals surface area contributed by atoms with Crippen molar-refractivity contribution in [3.8, 4) is 11.1 Å². The van der Waals surface area contributed by atoms with Crippen LogP contribution in [0.1, 0.15) is 24.0 Å². The minimum atomic E-state index is -0.348. The summed E-state index contributed by atoms with van der Waals surface area (Å²) in [6.07, 6.45) is 7.52. The number of amides is 1. The molecule has 1 N–H and O–H groups in total. The lowest BCUT2D eigenvalue weighted by molar-refractivity contribution is -0.129. The molecule has 0 unspecified atom stereocenters. The van der Waals surface area contributed by atoms with Gasteiger partial charge in [0.05, 0.1) is 5.41 Å². The molecule has 0 radical (unpaired) electrons. The highest BCUT2D eigenvalue weighted by molar-refractivity contribution is 5.83. The third-order valence-electron chi connectivity index (χ3n) is 6.43. The fraction of sp³-hybridized carbons (Fsp3) is 0.333. The maximum Gasteiger partial charge on any atom is 0.227 e. The summed E-state index contributed by atoms with van der Waals surface area (Å²) in [5.41, 5.74) is 4.59. The van der Waals surface area contributed by atoms with E-state index >= 15 is 0 Å². The van der Waals surface area contributed by atoms with E-state index in [0.717, 1.165) is 50.9 Å². The molecular formula is C27H31N3O. The lowest BCUT2D eigenvalue weighted by Gasteiger charge is -2.28. The third-order valence-corrected chi connectivity index (χ3v) is 6.43. The number of nitrogens with zero attached hydrogens (tertiary/aromatic N) is 2. The van der Waals surface area contributed by atoms with Gasteiger partial charge in [-0.3, -0.25) is 9.78 Å². The Labute approximate surface area is 185 Å². The van der Waals surface area contributed by atoms with Gasteiger partial charge in [-0.2, -0.15) is 0 Å². The topological polar surface area (TPSA) is 45.2 Å². The molecule has 1 aliphatic rings. The molecule has 4 nitrogen and oxygen atoms in total. The molecule has 2 heterocycles. The largest absolute Gasteiger partial charge is 0.359 e. The van der Waals surface area contributed by atoms with E-state index < -0.39 is 0 Å². The number of carbonyl (C=O) groups excluding carboxylic acids is 1. The zero-order chi connectivity index (χ0) is 21.5. The van der Waals surface area contributed by atoms with Crippen molar-refractivity contribution in [3.63, 3.8) is 0 Å². The van der Waals surface area contributed by atoms with Crippen molar-refractivity contribution in [2.75, 3.05) is 26.7 Å². The fourth-order valence-electron chi connectivity index (χ4n) is 4.73. The lowest BCUT2D eigenvalue weighted by Crippen LogP contribution is -2.43. The van der Waals surface area contributed by atoms with Crippen LogP contribution in [0.15, 0.2) is 79.1 Å². The molecule has 0 bridgehead atoms. The van der Waals surface area contributed by atoms with E-state index in [-0.39, 0.29) is 11.3 Å². The Morgan fingerprint density at radius 3 is 2.39 bits per heavy atom. The number of hydrogen-bond donors (Lipinski definition) is 1. The Bertz CT molecular complexity index is 972. The number of benzene rings is 2. The number of nitrogens with one attached hydrogen (secondary N) is 1. The van der Waals surface area contributed by atoms with Crippen molar-refractivity contribution >= 4 is 5.91 Å². The fourth-order valence-corrected chi connectivity index (χ4v) is 4.73. The van der Waals surface area contributed by atoms with Crippen LogP contribution < -0.4 is 5.32 Å². The molecular weight excluding hydrogens is 382 g/mol. The molecule has 3 aromatic rings. The molecule has 0 aliphatic carbocycles. The van der Waals surface area contributed by atoms with E-state index in [0.29, 0.717) is 0 Å². The van der Waals surface area contributed by atoms with Crippen LogP contribution in [-0.2, 0) is 17.6 Å². The van der Waals surface area contributed by atoms with Crippen LogP contribution in [0.4, 0.5) is 0 Å². The van der Waals surface area contributed by atoms with Crippen molar-refractivity contribution < 1.29 is 4.79 Å². The second-order valence-corrected chi connectivity index (χ2v) is 8.58. The van der Waals surface area contributed by atoms with E-state index in [1.807, 2.05) is 24.5 Å². The molecule has 1 amide bonds. The summed E-state index contributed by atoms with van der Waals surface area (Å²) >= 11 is 0. The van der Waals surface area contributed by atoms with Crippen LogP contribution >= 0.6 is 0 Å². The molecule has 1 fully saturated rings. The first kappa shape index (κ1) is 21.3. The average molecular weight is 414 g/mol. The van der Waals surface area contributed by atoms with Gasteiger partial charge in [0.25, 0.3) is 0 Å². The van der Waals surface area contributed by atoms with Crippen LogP contribution in [0.25, 0.3) is 11.1 Å². The molecule has 1 saturated heterocycles. The Balaban J connectivity index is 1.39. The molecule has 0 spiro atoms. The van der Waals surface area contributed by atoms with E-state index in [9.17, 15) is 4.79 Å². The number of hydrogen-bond acceptors (Lipinski definition) is 3. The van der Waals surface area contributed by atoms with Gasteiger partial charge in [0.2, 0.25) is 5.91 Å². The van der Waals surface area contributed by atoms with Gasteiger partial charge < -0.3 is 10.2 Å². The van der Waals surface area contributed by atoms with Crippen LogP contribution in [0, 0.1) is 5.41 Å². The van der Waals surface area contributed by atoms with Gasteiger partial charge >= 0.3 is 0 Å². The minimum Gasteiger partial charge on any atom is -0.359 e. The average Bonchev–Trinajstić information content (AvgIpc) is 3.24. The maximum absolute atomic E-state index is 12.9. The smallest absolute Gasteiger partial charge is 0.227 e. The Morgan fingerprint density at radius 1 is 0.968 bits per heavy atom. The molecule has 160 valence electrons. The molecule has 2 aromatic carbocycles. The number of aromatic nitrogens is 1.